The fourth-order valence-corrected chi connectivity index (χ4v) is 4.06. The maximum atomic E-state index is 12.7. The lowest BCUT2D eigenvalue weighted by Crippen LogP contribution is -2.48. The van der Waals surface area contributed by atoms with Gasteiger partial charge in [0.1, 0.15) is 18.5 Å². The van der Waals surface area contributed by atoms with E-state index in [-0.39, 0.29) is 30.9 Å². The number of hydrogen-bond donors (Lipinski definition) is 3. The first-order valence-electron chi connectivity index (χ1n) is 10.7. The van der Waals surface area contributed by atoms with E-state index in [0.717, 1.165) is 13.1 Å². The van der Waals surface area contributed by atoms with Crippen LogP contribution in [0.4, 0.5) is 5.95 Å². The summed E-state index contributed by atoms with van der Waals surface area (Å²) >= 11 is 5.89. The largest absolute Gasteiger partial charge is 0.491 e. The molecule has 0 radical (unpaired) electrons. The topological polar surface area (TPSA) is 129 Å². The second kappa shape index (κ2) is 9.96. The SMILES string of the molecule is Cn1c(=O)[nH]c(=O)c2c1nc(N1CCN(CCO)CC1)n2CC(O)COc1ccc(Cl)cc1. The number of nitrogens with zero attached hydrogens (tertiary/aromatic N) is 5. The van der Waals surface area contributed by atoms with Crippen molar-refractivity contribution in [3.05, 3.63) is 50.1 Å². The molecular formula is C21H27ClN6O5. The zero-order chi connectivity index (χ0) is 23.5. The van der Waals surface area contributed by atoms with Gasteiger partial charge >= 0.3 is 5.69 Å². The van der Waals surface area contributed by atoms with Gasteiger partial charge in [-0.05, 0) is 24.3 Å². The van der Waals surface area contributed by atoms with Gasteiger partial charge < -0.3 is 24.4 Å². The van der Waals surface area contributed by atoms with Gasteiger partial charge in [0.05, 0.1) is 13.2 Å². The number of hydrogen-bond acceptors (Lipinski definition) is 8. The summed E-state index contributed by atoms with van der Waals surface area (Å²) < 4.78 is 8.59. The molecule has 0 saturated carbocycles. The van der Waals surface area contributed by atoms with E-state index >= 15 is 0 Å². The fraction of sp³-hybridized carbons (Fsp3) is 0.476. The summed E-state index contributed by atoms with van der Waals surface area (Å²) in [6.07, 6.45) is -0.941. The normalized spacial score (nSPS) is 15.8. The van der Waals surface area contributed by atoms with Crippen LogP contribution < -0.4 is 20.9 Å². The first-order valence-corrected chi connectivity index (χ1v) is 11.1. The molecule has 1 aromatic carbocycles. The van der Waals surface area contributed by atoms with Crippen molar-refractivity contribution >= 4 is 28.7 Å². The average Bonchev–Trinajstić information content (AvgIpc) is 3.17. The highest BCUT2D eigenvalue weighted by Crippen LogP contribution is 2.22. The van der Waals surface area contributed by atoms with Crippen LogP contribution in [0.3, 0.4) is 0 Å². The molecule has 3 N–H and O–H groups in total. The molecule has 4 rings (SSSR count). The van der Waals surface area contributed by atoms with Crippen molar-refractivity contribution in [3.8, 4) is 5.75 Å². The van der Waals surface area contributed by atoms with Crippen molar-refractivity contribution in [3.63, 3.8) is 0 Å². The molecule has 1 aliphatic heterocycles. The van der Waals surface area contributed by atoms with Crippen LogP contribution >= 0.6 is 11.6 Å². The molecule has 1 unspecified atom stereocenters. The van der Waals surface area contributed by atoms with Crippen molar-refractivity contribution in [1.82, 2.24) is 24.0 Å². The van der Waals surface area contributed by atoms with Crippen molar-refractivity contribution in [2.75, 3.05) is 50.8 Å². The number of halogens is 1. The second-order valence-corrected chi connectivity index (χ2v) is 8.42. The van der Waals surface area contributed by atoms with E-state index in [1.165, 1.54) is 4.57 Å². The Balaban J connectivity index is 1.61. The molecule has 1 fully saturated rings. The molecule has 0 spiro atoms. The highest BCUT2D eigenvalue weighted by atomic mass is 35.5. The van der Waals surface area contributed by atoms with Gasteiger partial charge in [0.25, 0.3) is 5.56 Å². The third kappa shape index (κ3) is 5.06. The minimum Gasteiger partial charge on any atom is -0.491 e. The van der Waals surface area contributed by atoms with Crippen molar-refractivity contribution in [2.45, 2.75) is 12.6 Å². The maximum absolute atomic E-state index is 12.7. The summed E-state index contributed by atoms with van der Waals surface area (Å²) in [5.41, 5.74) is -0.641. The van der Waals surface area contributed by atoms with E-state index in [9.17, 15) is 19.8 Å². The molecule has 1 atom stereocenters. The van der Waals surface area contributed by atoms with E-state index in [0.29, 0.717) is 36.4 Å². The fourth-order valence-electron chi connectivity index (χ4n) is 3.94. The number of aliphatic hydroxyl groups is 2. The van der Waals surface area contributed by atoms with Gasteiger partial charge in [-0.3, -0.25) is 19.2 Å². The monoisotopic (exact) mass is 478 g/mol. The quantitative estimate of drug-likeness (QED) is 0.400. The van der Waals surface area contributed by atoms with E-state index in [1.54, 1.807) is 35.9 Å². The van der Waals surface area contributed by atoms with E-state index in [1.807, 2.05) is 4.90 Å². The average molecular weight is 479 g/mol. The molecule has 178 valence electrons. The third-order valence-electron chi connectivity index (χ3n) is 5.71. The number of rotatable bonds is 8. The Morgan fingerprint density at radius 1 is 1.18 bits per heavy atom. The number of benzene rings is 1. The van der Waals surface area contributed by atoms with Gasteiger partial charge in [0.2, 0.25) is 5.95 Å². The summed E-state index contributed by atoms with van der Waals surface area (Å²) in [6.45, 7) is 3.45. The van der Waals surface area contributed by atoms with Crippen molar-refractivity contribution in [1.29, 1.82) is 0 Å². The van der Waals surface area contributed by atoms with Crippen LogP contribution in [0.5, 0.6) is 5.75 Å². The van der Waals surface area contributed by atoms with Gasteiger partial charge in [0.15, 0.2) is 11.2 Å². The predicted molar refractivity (Wildman–Crippen MR) is 124 cm³/mol. The van der Waals surface area contributed by atoms with Crippen molar-refractivity contribution in [2.24, 2.45) is 7.05 Å². The number of aryl methyl sites for hydroxylation is 1. The number of imidazole rings is 1. The molecule has 3 aromatic rings. The molecular weight excluding hydrogens is 452 g/mol. The van der Waals surface area contributed by atoms with Crippen LogP contribution in [0.15, 0.2) is 33.9 Å². The Bertz CT molecular complexity index is 1210. The standard InChI is InChI=1S/C21H27ClN6O5/c1-25-18-17(19(31)24-21(25)32)28(12-15(30)13-33-16-4-2-14(22)3-5-16)20(23-18)27-8-6-26(7-9-27)10-11-29/h2-5,15,29-30H,6-13H2,1H3,(H,24,31,32). The highest BCUT2D eigenvalue weighted by Gasteiger charge is 2.26. The molecule has 0 aliphatic carbocycles. The zero-order valence-electron chi connectivity index (χ0n) is 18.3. The van der Waals surface area contributed by atoms with Gasteiger partial charge in [-0.2, -0.15) is 4.98 Å². The lowest BCUT2D eigenvalue weighted by molar-refractivity contribution is 0.0935. The number of H-pyrrole nitrogens is 1. The van der Waals surface area contributed by atoms with Crippen LogP contribution in [0.1, 0.15) is 0 Å². The number of aromatic nitrogens is 4. The molecule has 3 heterocycles. The Labute approximate surface area is 194 Å². The Kier molecular flexibility index (Phi) is 7.03. The van der Waals surface area contributed by atoms with Crippen LogP contribution in [-0.2, 0) is 13.6 Å². The summed E-state index contributed by atoms with van der Waals surface area (Å²) in [6, 6.07) is 6.81. The molecule has 33 heavy (non-hydrogen) atoms. The summed E-state index contributed by atoms with van der Waals surface area (Å²) in [5.74, 6) is 1.07. The number of fused-ring (bicyclic) bond motifs is 1. The molecule has 2 aromatic heterocycles. The summed E-state index contributed by atoms with van der Waals surface area (Å²) in [7, 11) is 1.54. The van der Waals surface area contributed by atoms with Crippen LogP contribution in [0.25, 0.3) is 11.2 Å². The number of aromatic amines is 1. The number of nitrogens with one attached hydrogen (secondary N) is 1. The summed E-state index contributed by atoms with van der Waals surface area (Å²) in [4.78, 5) is 35.9. The Morgan fingerprint density at radius 2 is 1.88 bits per heavy atom. The minimum absolute atomic E-state index is 0.00527. The molecule has 1 saturated heterocycles. The first-order chi connectivity index (χ1) is 15.9. The number of anilines is 1. The smallest absolute Gasteiger partial charge is 0.329 e. The van der Waals surface area contributed by atoms with E-state index in [4.69, 9.17) is 16.3 Å². The maximum Gasteiger partial charge on any atom is 0.329 e. The molecule has 1 aliphatic rings. The minimum atomic E-state index is -0.941. The van der Waals surface area contributed by atoms with Crippen molar-refractivity contribution < 1.29 is 14.9 Å². The predicted octanol–water partition coefficient (Wildman–Crippen LogP) is -0.369. The lowest BCUT2D eigenvalue weighted by Gasteiger charge is -2.35. The van der Waals surface area contributed by atoms with Gasteiger partial charge in [-0.25, -0.2) is 4.79 Å². The number of β-amino-alcohol motifs (C(OH)–C–C–N with tert-alkyl or cyclic N) is 1. The molecule has 11 nitrogen and oxygen atoms in total. The zero-order valence-corrected chi connectivity index (χ0v) is 19.0. The number of piperazine rings is 1. The Morgan fingerprint density at radius 3 is 2.55 bits per heavy atom. The lowest BCUT2D eigenvalue weighted by atomic mass is 10.3. The molecule has 0 amide bonds. The van der Waals surface area contributed by atoms with Crippen LogP contribution in [0.2, 0.25) is 5.02 Å². The second-order valence-electron chi connectivity index (χ2n) is 7.98. The number of aliphatic hydroxyl groups excluding tert-OH is 2. The highest BCUT2D eigenvalue weighted by molar-refractivity contribution is 6.30. The molecule has 0 bridgehead atoms. The van der Waals surface area contributed by atoms with Gasteiger partial charge in [-0.1, -0.05) is 11.6 Å². The summed E-state index contributed by atoms with van der Waals surface area (Å²) in [5, 5.41) is 20.5. The Hall–Kier alpha value is -2.86. The van der Waals surface area contributed by atoms with Gasteiger partial charge in [-0.15, -0.1) is 0 Å². The number of ether oxygens (including phenoxy) is 1. The first kappa shape index (κ1) is 23.3. The molecule has 12 heteroatoms. The van der Waals surface area contributed by atoms with Crippen LogP contribution in [0, 0.1) is 0 Å². The van der Waals surface area contributed by atoms with E-state index < -0.39 is 17.4 Å². The van der Waals surface area contributed by atoms with Crippen LogP contribution in [-0.4, -0.2) is 86.3 Å². The third-order valence-corrected chi connectivity index (χ3v) is 5.96. The van der Waals surface area contributed by atoms with Gasteiger partial charge in [0, 0.05) is 44.8 Å². The van der Waals surface area contributed by atoms with E-state index in [2.05, 4.69) is 14.9 Å².